The van der Waals surface area contributed by atoms with Gasteiger partial charge in [0.1, 0.15) is 23.7 Å². The third-order valence-corrected chi connectivity index (χ3v) is 3.72. The topological polar surface area (TPSA) is 49.4 Å². The minimum Gasteiger partial charge on any atom is -0.343 e. The third-order valence-electron chi connectivity index (χ3n) is 3.72. The highest BCUT2D eigenvalue weighted by atomic mass is 19.1. The molecule has 0 spiro atoms. The fraction of sp³-hybridized carbons (Fsp3) is 0.467. The first kappa shape index (κ1) is 15.4. The zero-order valence-electron chi connectivity index (χ0n) is 12.0. The lowest BCUT2D eigenvalue weighted by atomic mass is 10.0. The van der Waals surface area contributed by atoms with Gasteiger partial charge >= 0.3 is 0 Å². The van der Waals surface area contributed by atoms with Crippen LogP contribution in [0.15, 0.2) is 18.2 Å². The molecule has 0 radical (unpaired) electrons. The Hall–Kier alpha value is -1.98. The van der Waals surface area contributed by atoms with Crippen LogP contribution in [0.1, 0.15) is 25.8 Å². The first-order valence-corrected chi connectivity index (χ1v) is 6.98. The average Bonchev–Trinajstić information content (AvgIpc) is 2.41. The molecule has 1 aromatic carbocycles. The lowest BCUT2D eigenvalue weighted by Crippen LogP contribution is -2.62. The van der Waals surface area contributed by atoms with Gasteiger partial charge in [-0.15, -0.1) is 0 Å². The number of hydrogen-bond donors (Lipinski definition) is 1. The average molecular weight is 296 g/mol. The SMILES string of the molecule is CCC1NC(=O)C(C)N(CCc2cc(F)cc(F)c2)C1=O. The van der Waals surface area contributed by atoms with Crippen molar-refractivity contribution >= 4 is 11.8 Å². The summed E-state index contributed by atoms with van der Waals surface area (Å²) in [6, 6.07) is 2.19. The molecule has 6 heteroatoms. The lowest BCUT2D eigenvalue weighted by molar-refractivity contribution is -0.148. The van der Waals surface area contributed by atoms with Crippen LogP contribution in [0.5, 0.6) is 0 Å². The summed E-state index contributed by atoms with van der Waals surface area (Å²) in [7, 11) is 0. The molecular weight excluding hydrogens is 278 g/mol. The molecule has 0 aromatic heterocycles. The van der Waals surface area contributed by atoms with Gasteiger partial charge in [-0.05, 0) is 37.5 Å². The van der Waals surface area contributed by atoms with Gasteiger partial charge in [-0.1, -0.05) is 6.92 Å². The molecule has 1 aliphatic heterocycles. The number of piperazine rings is 1. The first-order chi connectivity index (χ1) is 9.92. The van der Waals surface area contributed by atoms with Crippen LogP contribution in [0.2, 0.25) is 0 Å². The van der Waals surface area contributed by atoms with Crippen LogP contribution in [-0.2, 0) is 16.0 Å². The summed E-state index contributed by atoms with van der Waals surface area (Å²) < 4.78 is 26.3. The number of halogens is 2. The van der Waals surface area contributed by atoms with E-state index < -0.39 is 23.7 Å². The van der Waals surface area contributed by atoms with E-state index in [-0.39, 0.29) is 18.4 Å². The number of rotatable bonds is 4. The zero-order chi connectivity index (χ0) is 15.6. The maximum absolute atomic E-state index is 13.1. The second kappa shape index (κ2) is 6.20. The zero-order valence-corrected chi connectivity index (χ0v) is 12.0. The molecular formula is C15H18F2N2O2. The molecule has 2 atom stereocenters. The molecule has 1 aliphatic rings. The van der Waals surface area contributed by atoms with Gasteiger partial charge in [0.05, 0.1) is 0 Å². The number of benzene rings is 1. The Morgan fingerprint density at radius 1 is 1.19 bits per heavy atom. The van der Waals surface area contributed by atoms with Crippen LogP contribution in [0, 0.1) is 11.6 Å². The third kappa shape index (κ3) is 3.37. The van der Waals surface area contributed by atoms with Crippen molar-refractivity contribution in [2.45, 2.75) is 38.8 Å². The molecule has 4 nitrogen and oxygen atoms in total. The highest BCUT2D eigenvalue weighted by Gasteiger charge is 2.36. The molecule has 2 amide bonds. The van der Waals surface area contributed by atoms with E-state index in [1.807, 2.05) is 6.92 Å². The summed E-state index contributed by atoms with van der Waals surface area (Å²) in [5, 5.41) is 2.66. The van der Waals surface area contributed by atoms with Gasteiger partial charge < -0.3 is 10.2 Å². The van der Waals surface area contributed by atoms with E-state index in [0.29, 0.717) is 18.4 Å². The van der Waals surface area contributed by atoms with Gasteiger partial charge in [0.2, 0.25) is 11.8 Å². The quantitative estimate of drug-likeness (QED) is 0.918. The minimum absolute atomic E-state index is 0.151. The summed E-state index contributed by atoms with van der Waals surface area (Å²) in [5.41, 5.74) is 0.464. The van der Waals surface area contributed by atoms with E-state index >= 15 is 0 Å². The summed E-state index contributed by atoms with van der Waals surface area (Å²) in [6.07, 6.45) is 0.816. The van der Waals surface area contributed by atoms with Crippen molar-refractivity contribution in [2.24, 2.45) is 0 Å². The summed E-state index contributed by atoms with van der Waals surface area (Å²) in [6.45, 7) is 3.72. The Bertz CT molecular complexity index is 542. The smallest absolute Gasteiger partial charge is 0.245 e. The van der Waals surface area contributed by atoms with E-state index in [1.165, 1.54) is 17.0 Å². The van der Waals surface area contributed by atoms with Crippen LogP contribution in [0.4, 0.5) is 8.78 Å². The molecule has 0 saturated carbocycles. The predicted octanol–water partition coefficient (Wildman–Crippen LogP) is 1.63. The summed E-state index contributed by atoms with van der Waals surface area (Å²) in [5.74, 6) is -1.65. The van der Waals surface area contributed by atoms with Gasteiger partial charge in [0.25, 0.3) is 0 Å². The number of carbonyl (C=O) groups is 2. The van der Waals surface area contributed by atoms with Crippen LogP contribution >= 0.6 is 0 Å². The number of hydrogen-bond acceptors (Lipinski definition) is 2. The van der Waals surface area contributed by atoms with Crippen LogP contribution in [-0.4, -0.2) is 35.3 Å². The monoisotopic (exact) mass is 296 g/mol. The number of carbonyl (C=O) groups excluding carboxylic acids is 2. The largest absolute Gasteiger partial charge is 0.343 e. The van der Waals surface area contributed by atoms with Gasteiger partial charge in [0.15, 0.2) is 0 Å². The lowest BCUT2D eigenvalue weighted by Gasteiger charge is -2.37. The van der Waals surface area contributed by atoms with Gasteiger partial charge in [-0.25, -0.2) is 8.78 Å². The number of nitrogens with one attached hydrogen (secondary N) is 1. The van der Waals surface area contributed by atoms with E-state index in [1.54, 1.807) is 6.92 Å². The van der Waals surface area contributed by atoms with E-state index in [0.717, 1.165) is 6.07 Å². The standard InChI is InChI=1S/C15H18F2N2O2/c1-3-13-15(21)19(9(2)14(20)18-13)5-4-10-6-11(16)8-12(17)7-10/h6-9,13H,3-5H2,1-2H3,(H,18,20). The summed E-state index contributed by atoms with van der Waals surface area (Å²) >= 11 is 0. The fourth-order valence-electron chi connectivity index (χ4n) is 2.47. The van der Waals surface area contributed by atoms with E-state index in [4.69, 9.17) is 0 Å². The minimum atomic E-state index is -0.646. The molecule has 1 aromatic rings. The fourth-order valence-corrected chi connectivity index (χ4v) is 2.47. The molecule has 114 valence electrons. The van der Waals surface area contributed by atoms with E-state index in [2.05, 4.69) is 5.32 Å². The van der Waals surface area contributed by atoms with Crippen molar-refractivity contribution in [3.63, 3.8) is 0 Å². The van der Waals surface area contributed by atoms with Crippen molar-refractivity contribution < 1.29 is 18.4 Å². The van der Waals surface area contributed by atoms with Crippen molar-refractivity contribution in [3.05, 3.63) is 35.4 Å². The molecule has 0 aliphatic carbocycles. The van der Waals surface area contributed by atoms with Gasteiger partial charge in [-0.3, -0.25) is 9.59 Å². The Morgan fingerprint density at radius 3 is 2.38 bits per heavy atom. The van der Waals surface area contributed by atoms with Crippen molar-refractivity contribution in [2.75, 3.05) is 6.54 Å². The molecule has 21 heavy (non-hydrogen) atoms. The Balaban J connectivity index is 2.09. The second-order valence-electron chi connectivity index (χ2n) is 5.20. The van der Waals surface area contributed by atoms with Crippen LogP contribution in [0.25, 0.3) is 0 Å². The highest BCUT2D eigenvalue weighted by Crippen LogP contribution is 2.14. The van der Waals surface area contributed by atoms with Crippen molar-refractivity contribution in [3.8, 4) is 0 Å². The normalized spacial score (nSPS) is 22.4. The molecule has 1 heterocycles. The molecule has 1 N–H and O–H groups in total. The van der Waals surface area contributed by atoms with Crippen LogP contribution in [0.3, 0.4) is 0 Å². The van der Waals surface area contributed by atoms with E-state index in [9.17, 15) is 18.4 Å². The Kier molecular flexibility index (Phi) is 4.55. The van der Waals surface area contributed by atoms with Crippen molar-refractivity contribution in [1.82, 2.24) is 10.2 Å². The summed E-state index contributed by atoms with van der Waals surface area (Å²) in [4.78, 5) is 25.5. The maximum Gasteiger partial charge on any atom is 0.245 e. The number of amides is 2. The maximum atomic E-state index is 13.1. The predicted molar refractivity (Wildman–Crippen MR) is 73.5 cm³/mol. The van der Waals surface area contributed by atoms with Crippen LogP contribution < -0.4 is 5.32 Å². The van der Waals surface area contributed by atoms with Gasteiger partial charge in [0, 0.05) is 12.6 Å². The highest BCUT2D eigenvalue weighted by molar-refractivity contribution is 5.96. The molecule has 0 bridgehead atoms. The van der Waals surface area contributed by atoms with Crippen molar-refractivity contribution in [1.29, 1.82) is 0 Å². The number of nitrogens with zero attached hydrogens (tertiary/aromatic N) is 1. The second-order valence-corrected chi connectivity index (χ2v) is 5.20. The first-order valence-electron chi connectivity index (χ1n) is 6.98. The molecule has 1 fully saturated rings. The van der Waals surface area contributed by atoms with Gasteiger partial charge in [-0.2, -0.15) is 0 Å². The molecule has 1 saturated heterocycles. The molecule has 2 rings (SSSR count). The Morgan fingerprint density at radius 2 is 1.81 bits per heavy atom. The molecule has 2 unspecified atom stereocenters. The Labute approximate surface area is 122 Å².